The van der Waals surface area contributed by atoms with Crippen molar-refractivity contribution in [3.05, 3.63) is 30.1 Å². The quantitative estimate of drug-likeness (QED) is 0.848. The smallest absolute Gasteiger partial charge is 0.138 e. The van der Waals surface area contributed by atoms with Crippen LogP contribution in [0.1, 0.15) is 12.1 Å². The fraction of sp³-hybridized carbons (Fsp3) is 0.462. The van der Waals surface area contributed by atoms with E-state index in [4.69, 9.17) is 5.73 Å². The molecule has 3 heterocycles. The molecule has 0 spiro atoms. The Balaban J connectivity index is 1.84. The van der Waals surface area contributed by atoms with E-state index in [9.17, 15) is 0 Å². The molecule has 0 aromatic carbocycles. The first-order valence-electron chi connectivity index (χ1n) is 6.13. The molecule has 1 fully saturated rings. The van der Waals surface area contributed by atoms with Crippen molar-refractivity contribution in [1.82, 2.24) is 14.3 Å². The van der Waals surface area contributed by atoms with Gasteiger partial charge in [-0.25, -0.2) is 4.98 Å². The minimum atomic E-state index is 0.742. The number of likely N-dealkylation sites (tertiary alicyclic amines) is 1. The van der Waals surface area contributed by atoms with E-state index >= 15 is 0 Å². The number of hydrogen-bond donors (Lipinski definition) is 1. The lowest BCUT2D eigenvalue weighted by Gasteiger charge is -2.07. The van der Waals surface area contributed by atoms with Crippen molar-refractivity contribution in [2.24, 2.45) is 5.92 Å². The first-order valence-corrected chi connectivity index (χ1v) is 6.13. The summed E-state index contributed by atoms with van der Waals surface area (Å²) in [5.74, 6) is 1.50. The van der Waals surface area contributed by atoms with Crippen LogP contribution < -0.4 is 5.73 Å². The van der Waals surface area contributed by atoms with Crippen LogP contribution in [0.4, 0.5) is 5.82 Å². The highest BCUT2D eigenvalue weighted by atomic mass is 15.1. The molecule has 2 aromatic heterocycles. The van der Waals surface area contributed by atoms with E-state index in [1.54, 1.807) is 0 Å². The van der Waals surface area contributed by atoms with E-state index in [0.29, 0.717) is 0 Å². The largest absolute Gasteiger partial charge is 0.385 e. The second kappa shape index (κ2) is 4.04. The molecule has 0 bridgehead atoms. The van der Waals surface area contributed by atoms with Gasteiger partial charge in [0.25, 0.3) is 0 Å². The molecular formula is C13H18N4. The zero-order chi connectivity index (χ0) is 11.8. The van der Waals surface area contributed by atoms with Crippen molar-refractivity contribution < 1.29 is 0 Å². The van der Waals surface area contributed by atoms with Gasteiger partial charge in [-0.05, 0) is 44.5 Å². The van der Waals surface area contributed by atoms with Crippen LogP contribution in [0.15, 0.2) is 24.4 Å². The Labute approximate surface area is 101 Å². The second-order valence-electron chi connectivity index (χ2n) is 5.03. The second-order valence-corrected chi connectivity index (χ2v) is 5.03. The zero-order valence-corrected chi connectivity index (χ0v) is 10.1. The summed E-state index contributed by atoms with van der Waals surface area (Å²) in [5.41, 5.74) is 8.02. The molecule has 0 saturated carbocycles. The summed E-state index contributed by atoms with van der Waals surface area (Å²) in [6.07, 6.45) is 4.41. The molecule has 2 N–H and O–H groups in total. The van der Waals surface area contributed by atoms with Crippen molar-refractivity contribution in [3.8, 4) is 0 Å². The van der Waals surface area contributed by atoms with Crippen LogP contribution in [-0.4, -0.2) is 34.4 Å². The van der Waals surface area contributed by atoms with Crippen LogP contribution in [0.3, 0.4) is 0 Å². The Morgan fingerprint density at radius 3 is 3.06 bits per heavy atom. The zero-order valence-electron chi connectivity index (χ0n) is 10.1. The standard InChI is InChI=1S/C13H18N4/c1-16-6-5-10(8-16)7-11-9-17-12(14)3-2-4-13(17)15-11/h2-4,9-10H,5-8,14H2,1H3. The Bertz CT molecular complexity index is 531. The van der Waals surface area contributed by atoms with E-state index in [2.05, 4.69) is 23.1 Å². The molecule has 2 aromatic rings. The molecule has 1 unspecified atom stereocenters. The van der Waals surface area contributed by atoms with E-state index in [1.165, 1.54) is 19.5 Å². The third-order valence-electron chi connectivity index (χ3n) is 3.56. The number of rotatable bonds is 2. The lowest BCUT2D eigenvalue weighted by Crippen LogP contribution is -2.15. The monoisotopic (exact) mass is 230 g/mol. The maximum absolute atomic E-state index is 5.91. The van der Waals surface area contributed by atoms with Crippen LogP contribution >= 0.6 is 0 Å². The van der Waals surface area contributed by atoms with Crippen LogP contribution in [0.25, 0.3) is 5.65 Å². The highest BCUT2D eigenvalue weighted by Gasteiger charge is 2.20. The Morgan fingerprint density at radius 1 is 1.47 bits per heavy atom. The number of pyridine rings is 1. The number of fused-ring (bicyclic) bond motifs is 1. The Morgan fingerprint density at radius 2 is 2.35 bits per heavy atom. The normalized spacial score (nSPS) is 21.4. The lowest BCUT2D eigenvalue weighted by molar-refractivity contribution is 0.394. The van der Waals surface area contributed by atoms with Gasteiger partial charge in [0, 0.05) is 12.7 Å². The summed E-state index contributed by atoms with van der Waals surface area (Å²) in [5, 5.41) is 0. The van der Waals surface area contributed by atoms with Gasteiger partial charge in [0.05, 0.1) is 5.69 Å². The van der Waals surface area contributed by atoms with Crippen molar-refractivity contribution in [1.29, 1.82) is 0 Å². The first kappa shape index (κ1) is 10.6. The first-order chi connectivity index (χ1) is 8.22. The van der Waals surface area contributed by atoms with Gasteiger partial charge in [0.2, 0.25) is 0 Å². The number of nitrogen functional groups attached to an aromatic ring is 1. The molecule has 3 rings (SSSR count). The van der Waals surface area contributed by atoms with E-state index in [1.807, 2.05) is 22.6 Å². The van der Waals surface area contributed by atoms with E-state index in [0.717, 1.165) is 29.5 Å². The van der Waals surface area contributed by atoms with Crippen LogP contribution in [0.2, 0.25) is 0 Å². The topological polar surface area (TPSA) is 46.6 Å². The highest BCUT2D eigenvalue weighted by Crippen LogP contribution is 2.20. The average molecular weight is 230 g/mol. The molecule has 4 heteroatoms. The summed E-state index contributed by atoms with van der Waals surface area (Å²) in [6, 6.07) is 5.85. The highest BCUT2D eigenvalue weighted by molar-refractivity contribution is 5.48. The number of imidazole rings is 1. The van der Waals surface area contributed by atoms with Crippen molar-refractivity contribution in [3.63, 3.8) is 0 Å². The molecule has 0 radical (unpaired) electrons. The number of aromatic nitrogens is 2. The van der Waals surface area contributed by atoms with Crippen LogP contribution in [0.5, 0.6) is 0 Å². The van der Waals surface area contributed by atoms with E-state index in [-0.39, 0.29) is 0 Å². The molecular weight excluding hydrogens is 212 g/mol. The van der Waals surface area contributed by atoms with Gasteiger partial charge in [-0.3, -0.25) is 4.40 Å². The van der Waals surface area contributed by atoms with Gasteiger partial charge in [0.15, 0.2) is 0 Å². The third kappa shape index (κ3) is 2.00. The molecule has 1 saturated heterocycles. The summed E-state index contributed by atoms with van der Waals surface area (Å²) in [4.78, 5) is 7.01. The van der Waals surface area contributed by atoms with Gasteiger partial charge in [0.1, 0.15) is 11.5 Å². The lowest BCUT2D eigenvalue weighted by atomic mass is 10.0. The fourth-order valence-corrected chi connectivity index (χ4v) is 2.67. The molecule has 4 nitrogen and oxygen atoms in total. The maximum atomic E-state index is 5.91. The number of nitrogens with two attached hydrogens (primary N) is 1. The van der Waals surface area contributed by atoms with Gasteiger partial charge in [-0.1, -0.05) is 6.07 Å². The maximum Gasteiger partial charge on any atom is 0.138 e. The SMILES string of the molecule is CN1CCC(Cc2cn3c(N)cccc3n2)C1. The van der Waals surface area contributed by atoms with Crippen LogP contribution in [-0.2, 0) is 6.42 Å². The number of anilines is 1. The molecule has 0 aliphatic carbocycles. The molecule has 1 aliphatic rings. The minimum Gasteiger partial charge on any atom is -0.385 e. The van der Waals surface area contributed by atoms with Crippen molar-refractivity contribution in [2.75, 3.05) is 25.9 Å². The predicted molar refractivity (Wildman–Crippen MR) is 68.9 cm³/mol. The van der Waals surface area contributed by atoms with Gasteiger partial charge < -0.3 is 10.6 Å². The summed E-state index contributed by atoms with van der Waals surface area (Å²) in [6.45, 7) is 2.39. The third-order valence-corrected chi connectivity index (χ3v) is 3.56. The fourth-order valence-electron chi connectivity index (χ4n) is 2.67. The van der Waals surface area contributed by atoms with Crippen molar-refractivity contribution >= 4 is 11.5 Å². The molecule has 90 valence electrons. The molecule has 1 atom stereocenters. The van der Waals surface area contributed by atoms with E-state index < -0.39 is 0 Å². The minimum absolute atomic E-state index is 0.742. The molecule has 0 amide bonds. The summed E-state index contributed by atoms with van der Waals surface area (Å²) >= 11 is 0. The van der Waals surface area contributed by atoms with Gasteiger partial charge in [-0.15, -0.1) is 0 Å². The average Bonchev–Trinajstić information content (AvgIpc) is 2.86. The molecule has 17 heavy (non-hydrogen) atoms. The van der Waals surface area contributed by atoms with Gasteiger partial charge >= 0.3 is 0 Å². The van der Waals surface area contributed by atoms with Crippen molar-refractivity contribution in [2.45, 2.75) is 12.8 Å². The Hall–Kier alpha value is -1.55. The summed E-state index contributed by atoms with van der Waals surface area (Å²) < 4.78 is 1.97. The predicted octanol–water partition coefficient (Wildman–Crippen LogP) is 1.41. The Kier molecular flexibility index (Phi) is 2.52. The summed E-state index contributed by atoms with van der Waals surface area (Å²) in [7, 11) is 2.18. The van der Waals surface area contributed by atoms with Crippen LogP contribution in [0, 0.1) is 5.92 Å². The number of nitrogens with zero attached hydrogens (tertiary/aromatic N) is 3. The molecule has 1 aliphatic heterocycles. The van der Waals surface area contributed by atoms with Gasteiger partial charge in [-0.2, -0.15) is 0 Å². The number of hydrogen-bond acceptors (Lipinski definition) is 3.